The van der Waals surface area contributed by atoms with Crippen LogP contribution in [0.4, 0.5) is 0 Å². The van der Waals surface area contributed by atoms with Crippen LogP contribution in [0.25, 0.3) is 0 Å². The lowest BCUT2D eigenvalue weighted by Gasteiger charge is -2.25. The smallest absolute Gasteiger partial charge is 0.191 e. The third-order valence-corrected chi connectivity index (χ3v) is 3.68. The van der Waals surface area contributed by atoms with Gasteiger partial charge >= 0.3 is 0 Å². The van der Waals surface area contributed by atoms with Gasteiger partial charge in [-0.1, -0.05) is 25.1 Å². The number of ether oxygens (including phenoxy) is 1. The van der Waals surface area contributed by atoms with Gasteiger partial charge in [0, 0.05) is 32.7 Å². The summed E-state index contributed by atoms with van der Waals surface area (Å²) in [6, 6.07) is 10.5. The van der Waals surface area contributed by atoms with E-state index in [1.165, 1.54) is 0 Å². The van der Waals surface area contributed by atoms with Gasteiger partial charge < -0.3 is 15.4 Å². The monoisotopic (exact) mass is 448 g/mol. The molecule has 138 valence electrons. The number of nitrogens with one attached hydrogen (secondary N) is 2. The molecular weight excluding hydrogens is 415 g/mol. The Hall–Kier alpha value is -1.02. The highest BCUT2D eigenvalue weighted by atomic mass is 127. The zero-order chi connectivity index (χ0) is 16.9. The van der Waals surface area contributed by atoms with Crippen LogP contribution in [-0.2, 0) is 0 Å². The van der Waals surface area contributed by atoms with Crippen LogP contribution in [0.5, 0.6) is 5.75 Å². The van der Waals surface area contributed by atoms with Crippen molar-refractivity contribution >= 4 is 29.9 Å². The normalized spacial score (nSPS) is 11.3. The minimum absolute atomic E-state index is 0. The summed E-state index contributed by atoms with van der Waals surface area (Å²) in [7, 11) is 1.80. The Bertz CT molecular complexity index is 440. The number of benzene rings is 1. The van der Waals surface area contributed by atoms with Gasteiger partial charge in [-0.25, -0.2) is 0 Å². The van der Waals surface area contributed by atoms with Gasteiger partial charge in [-0.15, -0.1) is 24.0 Å². The van der Waals surface area contributed by atoms with Crippen LogP contribution in [0.3, 0.4) is 0 Å². The lowest BCUT2D eigenvalue weighted by atomic mass is 10.3. The van der Waals surface area contributed by atoms with E-state index in [1.807, 2.05) is 30.3 Å². The SMILES string of the molecule is CCN(CCNC(=NC)NCCCOc1ccccc1)C(C)C.I. The number of rotatable bonds is 10. The van der Waals surface area contributed by atoms with Gasteiger partial charge in [0.15, 0.2) is 5.96 Å². The van der Waals surface area contributed by atoms with Gasteiger partial charge in [0.1, 0.15) is 5.75 Å². The lowest BCUT2D eigenvalue weighted by molar-refractivity contribution is 0.237. The Labute approximate surface area is 164 Å². The van der Waals surface area contributed by atoms with E-state index in [-0.39, 0.29) is 24.0 Å². The molecule has 0 spiro atoms. The number of nitrogens with zero attached hydrogens (tertiary/aromatic N) is 2. The molecule has 24 heavy (non-hydrogen) atoms. The third-order valence-electron chi connectivity index (χ3n) is 3.68. The van der Waals surface area contributed by atoms with E-state index in [0.29, 0.717) is 12.6 Å². The maximum atomic E-state index is 5.67. The largest absolute Gasteiger partial charge is 0.494 e. The fourth-order valence-corrected chi connectivity index (χ4v) is 2.31. The molecule has 1 rings (SSSR count). The quantitative estimate of drug-likeness (QED) is 0.250. The van der Waals surface area contributed by atoms with Crippen LogP contribution in [0.2, 0.25) is 0 Å². The minimum atomic E-state index is 0. The van der Waals surface area contributed by atoms with Crippen molar-refractivity contribution in [1.82, 2.24) is 15.5 Å². The Morgan fingerprint density at radius 2 is 1.83 bits per heavy atom. The first kappa shape index (κ1) is 23.0. The number of aliphatic imine (C=N–C) groups is 1. The maximum absolute atomic E-state index is 5.67. The van der Waals surface area contributed by atoms with Crippen LogP contribution in [0.15, 0.2) is 35.3 Å². The fraction of sp³-hybridized carbons (Fsp3) is 0.611. The van der Waals surface area contributed by atoms with Crippen molar-refractivity contribution in [3.05, 3.63) is 30.3 Å². The molecule has 1 aromatic carbocycles. The first-order valence-electron chi connectivity index (χ1n) is 8.53. The van der Waals surface area contributed by atoms with Crippen molar-refractivity contribution in [2.45, 2.75) is 33.2 Å². The molecule has 0 aromatic heterocycles. The topological polar surface area (TPSA) is 48.9 Å². The number of halogens is 1. The molecule has 0 bridgehead atoms. The molecule has 0 saturated heterocycles. The second kappa shape index (κ2) is 14.3. The van der Waals surface area contributed by atoms with E-state index in [9.17, 15) is 0 Å². The molecule has 2 N–H and O–H groups in total. The van der Waals surface area contributed by atoms with Crippen molar-refractivity contribution in [3.8, 4) is 5.75 Å². The van der Waals surface area contributed by atoms with Gasteiger partial charge in [0.05, 0.1) is 6.61 Å². The van der Waals surface area contributed by atoms with E-state index in [4.69, 9.17) is 4.74 Å². The molecule has 0 atom stereocenters. The van der Waals surface area contributed by atoms with E-state index in [2.05, 4.69) is 41.3 Å². The summed E-state index contributed by atoms with van der Waals surface area (Å²) < 4.78 is 5.67. The van der Waals surface area contributed by atoms with Gasteiger partial charge in [0.2, 0.25) is 0 Å². The molecule has 0 radical (unpaired) electrons. The highest BCUT2D eigenvalue weighted by Gasteiger charge is 2.06. The molecule has 0 aliphatic carbocycles. The lowest BCUT2D eigenvalue weighted by Crippen LogP contribution is -2.43. The number of guanidine groups is 1. The van der Waals surface area contributed by atoms with Gasteiger partial charge in [-0.05, 0) is 38.9 Å². The molecule has 0 heterocycles. The van der Waals surface area contributed by atoms with Crippen LogP contribution < -0.4 is 15.4 Å². The predicted molar refractivity (Wildman–Crippen MR) is 114 cm³/mol. The van der Waals surface area contributed by atoms with Gasteiger partial charge in [0.25, 0.3) is 0 Å². The average molecular weight is 448 g/mol. The van der Waals surface area contributed by atoms with Crippen LogP contribution in [-0.4, -0.2) is 56.7 Å². The van der Waals surface area contributed by atoms with Crippen LogP contribution in [0.1, 0.15) is 27.2 Å². The van der Waals surface area contributed by atoms with Gasteiger partial charge in [-0.3, -0.25) is 9.89 Å². The highest BCUT2D eigenvalue weighted by molar-refractivity contribution is 14.0. The van der Waals surface area contributed by atoms with Crippen molar-refractivity contribution in [3.63, 3.8) is 0 Å². The standard InChI is InChI=1S/C18H32N4O.HI/c1-5-22(16(2)3)14-13-21-18(19-4)20-12-9-15-23-17-10-7-6-8-11-17;/h6-8,10-11,16H,5,9,12-15H2,1-4H3,(H2,19,20,21);1H. The van der Waals surface area contributed by atoms with Crippen LogP contribution in [0, 0.1) is 0 Å². The summed E-state index contributed by atoms with van der Waals surface area (Å²) in [6.45, 7) is 11.2. The summed E-state index contributed by atoms with van der Waals surface area (Å²) in [4.78, 5) is 6.67. The molecule has 6 heteroatoms. The molecule has 0 aliphatic heterocycles. The zero-order valence-electron chi connectivity index (χ0n) is 15.4. The summed E-state index contributed by atoms with van der Waals surface area (Å²) in [5.41, 5.74) is 0. The summed E-state index contributed by atoms with van der Waals surface area (Å²) in [5.74, 6) is 1.77. The molecule has 0 amide bonds. The summed E-state index contributed by atoms with van der Waals surface area (Å²) >= 11 is 0. The number of para-hydroxylation sites is 1. The second-order valence-corrected chi connectivity index (χ2v) is 5.66. The average Bonchev–Trinajstić information content (AvgIpc) is 2.57. The molecule has 0 fully saturated rings. The number of hydrogen-bond acceptors (Lipinski definition) is 3. The van der Waals surface area contributed by atoms with E-state index in [1.54, 1.807) is 7.05 Å². The summed E-state index contributed by atoms with van der Waals surface area (Å²) in [6.07, 6.45) is 0.933. The Morgan fingerprint density at radius 1 is 1.17 bits per heavy atom. The van der Waals surface area contributed by atoms with E-state index >= 15 is 0 Å². The molecule has 1 aromatic rings. The Balaban J connectivity index is 0.00000529. The number of hydrogen-bond donors (Lipinski definition) is 2. The maximum Gasteiger partial charge on any atom is 0.191 e. The van der Waals surface area contributed by atoms with E-state index in [0.717, 1.165) is 44.3 Å². The van der Waals surface area contributed by atoms with Crippen molar-refractivity contribution < 1.29 is 4.74 Å². The van der Waals surface area contributed by atoms with Crippen molar-refractivity contribution in [2.75, 3.05) is 39.8 Å². The van der Waals surface area contributed by atoms with Crippen molar-refractivity contribution in [2.24, 2.45) is 4.99 Å². The fourth-order valence-electron chi connectivity index (χ4n) is 2.31. The van der Waals surface area contributed by atoms with Gasteiger partial charge in [-0.2, -0.15) is 0 Å². The first-order valence-corrected chi connectivity index (χ1v) is 8.53. The predicted octanol–water partition coefficient (Wildman–Crippen LogP) is 2.97. The highest BCUT2D eigenvalue weighted by Crippen LogP contribution is 2.07. The van der Waals surface area contributed by atoms with E-state index < -0.39 is 0 Å². The Kier molecular flexibility index (Phi) is 13.7. The summed E-state index contributed by atoms with van der Waals surface area (Å²) in [5, 5.41) is 6.67. The Morgan fingerprint density at radius 3 is 2.42 bits per heavy atom. The number of likely N-dealkylation sites (N-methyl/N-ethyl adjacent to an activating group) is 1. The molecule has 5 nitrogen and oxygen atoms in total. The molecule has 0 aliphatic rings. The first-order chi connectivity index (χ1) is 11.2. The molecular formula is C18H33IN4O. The second-order valence-electron chi connectivity index (χ2n) is 5.66. The zero-order valence-corrected chi connectivity index (χ0v) is 17.7. The molecule has 0 saturated carbocycles. The molecule has 0 unspecified atom stereocenters. The van der Waals surface area contributed by atoms with Crippen molar-refractivity contribution in [1.29, 1.82) is 0 Å². The van der Waals surface area contributed by atoms with Crippen LogP contribution >= 0.6 is 24.0 Å². The minimum Gasteiger partial charge on any atom is -0.494 e. The third kappa shape index (κ3) is 9.97.